The molecule has 0 spiro atoms. The molecule has 19 heavy (non-hydrogen) atoms. The predicted octanol–water partition coefficient (Wildman–Crippen LogP) is 0.585. The Morgan fingerprint density at radius 2 is 1.95 bits per heavy atom. The molecule has 0 heterocycles. The van der Waals surface area contributed by atoms with Gasteiger partial charge in [0.2, 0.25) is 15.9 Å². The van der Waals surface area contributed by atoms with Gasteiger partial charge in [0.05, 0.1) is 11.4 Å². The molecule has 1 rings (SSSR count). The third-order valence-corrected chi connectivity index (χ3v) is 3.46. The molecule has 106 valence electrons. The zero-order valence-corrected chi connectivity index (χ0v) is 11.9. The van der Waals surface area contributed by atoms with Crippen LogP contribution in [0.2, 0.25) is 0 Å². The summed E-state index contributed by atoms with van der Waals surface area (Å²) in [5.41, 5.74) is -0.423. The Kier molecular flexibility index (Phi) is 4.54. The lowest BCUT2D eigenvalue weighted by atomic mass is 10.1. The highest BCUT2D eigenvalue weighted by molar-refractivity contribution is 7.89. The molecule has 0 fully saturated rings. The third kappa shape index (κ3) is 5.27. The molecule has 1 aromatic carbocycles. The Balaban J connectivity index is 2.69. The largest absolute Gasteiger partial charge is 0.508 e. The number of sulfonamides is 1. The second kappa shape index (κ2) is 5.58. The number of phenols is 1. The molecule has 0 saturated heterocycles. The Labute approximate surface area is 112 Å². The van der Waals surface area contributed by atoms with E-state index in [2.05, 4.69) is 10.0 Å². The number of carbonyl (C=O) groups is 1. The first-order chi connectivity index (χ1) is 8.60. The van der Waals surface area contributed by atoms with Crippen LogP contribution in [0.3, 0.4) is 0 Å². The standard InChI is InChI=1S/C12H18N2O4S/c1-12(2,3)14-11(16)8-13-19(17,18)10-6-4-5-9(15)7-10/h4-7,13,15H,8H2,1-3H3,(H,14,16). The number of aromatic hydroxyl groups is 1. The Hall–Kier alpha value is -1.60. The molecule has 6 nitrogen and oxygen atoms in total. The summed E-state index contributed by atoms with van der Waals surface area (Å²) >= 11 is 0. The minimum absolute atomic E-state index is 0.0870. The maximum absolute atomic E-state index is 11.9. The SMILES string of the molecule is CC(C)(C)NC(=O)CNS(=O)(=O)c1cccc(O)c1. The summed E-state index contributed by atoms with van der Waals surface area (Å²) in [6.45, 7) is 5.05. The zero-order chi connectivity index (χ0) is 14.7. The lowest BCUT2D eigenvalue weighted by Gasteiger charge is -2.20. The molecular formula is C12H18N2O4S. The summed E-state index contributed by atoms with van der Waals surface area (Å²) in [5.74, 6) is -0.571. The normalized spacial score (nSPS) is 12.2. The van der Waals surface area contributed by atoms with Gasteiger partial charge in [-0.25, -0.2) is 13.1 Å². The summed E-state index contributed by atoms with van der Waals surface area (Å²) in [5, 5.41) is 11.9. The number of hydrogen-bond acceptors (Lipinski definition) is 4. The second-order valence-corrected chi connectivity index (χ2v) is 6.89. The lowest BCUT2D eigenvalue weighted by molar-refractivity contribution is -0.121. The van der Waals surface area contributed by atoms with Crippen LogP contribution in [0, 0.1) is 0 Å². The first-order valence-corrected chi connectivity index (χ1v) is 7.18. The third-order valence-electron chi connectivity index (χ3n) is 2.07. The molecule has 3 N–H and O–H groups in total. The molecule has 0 unspecified atom stereocenters. The topological polar surface area (TPSA) is 95.5 Å². The Morgan fingerprint density at radius 1 is 1.32 bits per heavy atom. The van der Waals surface area contributed by atoms with E-state index in [1.165, 1.54) is 18.2 Å². The monoisotopic (exact) mass is 286 g/mol. The first kappa shape index (κ1) is 15.5. The molecule has 7 heteroatoms. The van der Waals surface area contributed by atoms with E-state index in [0.29, 0.717) is 0 Å². The van der Waals surface area contributed by atoms with E-state index in [9.17, 15) is 18.3 Å². The quantitative estimate of drug-likeness (QED) is 0.754. The van der Waals surface area contributed by atoms with Gasteiger partial charge < -0.3 is 10.4 Å². The zero-order valence-electron chi connectivity index (χ0n) is 11.1. The number of carbonyl (C=O) groups excluding carboxylic acids is 1. The number of rotatable bonds is 4. The van der Waals surface area contributed by atoms with Crippen LogP contribution < -0.4 is 10.0 Å². The van der Waals surface area contributed by atoms with Crippen LogP contribution in [0.1, 0.15) is 20.8 Å². The van der Waals surface area contributed by atoms with Crippen LogP contribution in [-0.4, -0.2) is 31.5 Å². The highest BCUT2D eigenvalue weighted by atomic mass is 32.2. The van der Waals surface area contributed by atoms with E-state index < -0.39 is 21.5 Å². The predicted molar refractivity (Wildman–Crippen MR) is 71.2 cm³/mol. The lowest BCUT2D eigenvalue weighted by Crippen LogP contribution is -2.45. The smallest absolute Gasteiger partial charge is 0.241 e. The van der Waals surface area contributed by atoms with Gasteiger partial charge in [0.15, 0.2) is 0 Å². The molecule has 0 saturated carbocycles. The van der Waals surface area contributed by atoms with Crippen molar-refractivity contribution in [2.24, 2.45) is 0 Å². The highest BCUT2D eigenvalue weighted by Crippen LogP contribution is 2.15. The van der Waals surface area contributed by atoms with E-state index >= 15 is 0 Å². The van der Waals surface area contributed by atoms with E-state index in [1.807, 2.05) is 0 Å². The molecule has 0 aliphatic carbocycles. The summed E-state index contributed by atoms with van der Waals surface area (Å²) in [4.78, 5) is 11.4. The summed E-state index contributed by atoms with van der Waals surface area (Å²) in [6, 6.07) is 5.23. The fourth-order valence-corrected chi connectivity index (χ4v) is 2.38. The molecule has 1 amide bonds. The van der Waals surface area contributed by atoms with E-state index in [4.69, 9.17) is 0 Å². The average Bonchev–Trinajstić information content (AvgIpc) is 2.24. The molecule has 0 aliphatic heterocycles. The van der Waals surface area contributed by atoms with Crippen LogP contribution in [0.5, 0.6) is 5.75 Å². The summed E-state index contributed by atoms with van der Waals surface area (Å²) in [6.07, 6.45) is 0. The highest BCUT2D eigenvalue weighted by Gasteiger charge is 2.18. The average molecular weight is 286 g/mol. The molecule has 0 bridgehead atoms. The van der Waals surface area contributed by atoms with Crippen molar-refractivity contribution in [2.75, 3.05) is 6.54 Å². The fraction of sp³-hybridized carbons (Fsp3) is 0.417. The Bertz CT molecular complexity index is 561. The molecule has 0 aliphatic rings. The first-order valence-electron chi connectivity index (χ1n) is 5.70. The van der Waals surface area contributed by atoms with Crippen LogP contribution in [0.4, 0.5) is 0 Å². The minimum atomic E-state index is -3.80. The minimum Gasteiger partial charge on any atom is -0.508 e. The van der Waals surface area contributed by atoms with Gasteiger partial charge in [0, 0.05) is 5.54 Å². The van der Waals surface area contributed by atoms with Crippen molar-refractivity contribution in [3.05, 3.63) is 24.3 Å². The molecule has 1 aromatic rings. The van der Waals surface area contributed by atoms with Crippen molar-refractivity contribution >= 4 is 15.9 Å². The number of nitrogens with one attached hydrogen (secondary N) is 2. The van der Waals surface area contributed by atoms with Crippen molar-refractivity contribution < 1.29 is 18.3 Å². The van der Waals surface area contributed by atoms with Crippen LogP contribution >= 0.6 is 0 Å². The molecule has 0 aromatic heterocycles. The molecular weight excluding hydrogens is 268 g/mol. The number of benzene rings is 1. The van der Waals surface area contributed by atoms with Gasteiger partial charge in [-0.05, 0) is 39.0 Å². The van der Waals surface area contributed by atoms with Gasteiger partial charge in [0.1, 0.15) is 5.75 Å². The van der Waals surface area contributed by atoms with Crippen LogP contribution in [-0.2, 0) is 14.8 Å². The maximum atomic E-state index is 11.9. The summed E-state index contributed by atoms with van der Waals surface area (Å²) in [7, 11) is -3.80. The van der Waals surface area contributed by atoms with E-state index in [0.717, 1.165) is 6.07 Å². The molecule has 0 atom stereocenters. The van der Waals surface area contributed by atoms with Crippen molar-refractivity contribution in [3.8, 4) is 5.75 Å². The molecule has 0 radical (unpaired) electrons. The van der Waals surface area contributed by atoms with Crippen LogP contribution in [0.25, 0.3) is 0 Å². The van der Waals surface area contributed by atoms with Gasteiger partial charge in [-0.3, -0.25) is 4.79 Å². The number of phenolic OH excluding ortho intramolecular Hbond substituents is 1. The van der Waals surface area contributed by atoms with E-state index in [-0.39, 0.29) is 17.2 Å². The number of amides is 1. The van der Waals surface area contributed by atoms with Crippen molar-refractivity contribution in [2.45, 2.75) is 31.2 Å². The Morgan fingerprint density at radius 3 is 2.47 bits per heavy atom. The maximum Gasteiger partial charge on any atom is 0.241 e. The second-order valence-electron chi connectivity index (χ2n) is 5.12. The van der Waals surface area contributed by atoms with Crippen LogP contribution in [0.15, 0.2) is 29.2 Å². The van der Waals surface area contributed by atoms with Gasteiger partial charge >= 0.3 is 0 Å². The van der Waals surface area contributed by atoms with Crippen molar-refractivity contribution in [1.82, 2.24) is 10.0 Å². The summed E-state index contributed by atoms with van der Waals surface area (Å²) < 4.78 is 25.9. The van der Waals surface area contributed by atoms with Gasteiger partial charge in [-0.15, -0.1) is 0 Å². The van der Waals surface area contributed by atoms with Gasteiger partial charge in [-0.1, -0.05) is 6.07 Å². The van der Waals surface area contributed by atoms with Crippen molar-refractivity contribution in [1.29, 1.82) is 0 Å². The van der Waals surface area contributed by atoms with Gasteiger partial charge in [-0.2, -0.15) is 0 Å². The van der Waals surface area contributed by atoms with E-state index in [1.54, 1.807) is 20.8 Å². The number of hydrogen-bond donors (Lipinski definition) is 3. The fourth-order valence-electron chi connectivity index (χ4n) is 1.36. The van der Waals surface area contributed by atoms with Gasteiger partial charge in [0.25, 0.3) is 0 Å². The van der Waals surface area contributed by atoms with Crippen molar-refractivity contribution in [3.63, 3.8) is 0 Å².